The molecule has 4 heteroatoms. The first kappa shape index (κ1) is 15.0. The molecule has 2 aromatic rings. The molecule has 0 radical (unpaired) electrons. The van der Waals surface area contributed by atoms with Crippen LogP contribution in [0.25, 0.3) is 0 Å². The van der Waals surface area contributed by atoms with Crippen LogP contribution < -0.4 is 10.6 Å². The first-order chi connectivity index (χ1) is 10.1. The van der Waals surface area contributed by atoms with E-state index in [9.17, 15) is 4.79 Å². The lowest BCUT2D eigenvalue weighted by Crippen LogP contribution is -2.31. The van der Waals surface area contributed by atoms with Crippen molar-refractivity contribution >= 4 is 17.4 Å². The van der Waals surface area contributed by atoms with Gasteiger partial charge >= 0.3 is 0 Å². The summed E-state index contributed by atoms with van der Waals surface area (Å²) in [6.07, 6.45) is 0.752. The van der Waals surface area contributed by atoms with E-state index in [1.54, 1.807) is 11.0 Å². The van der Waals surface area contributed by atoms with E-state index >= 15 is 0 Å². The Labute approximate surface area is 125 Å². The highest BCUT2D eigenvalue weighted by atomic mass is 16.2. The van der Waals surface area contributed by atoms with Gasteiger partial charge in [-0.05, 0) is 44.0 Å². The van der Waals surface area contributed by atoms with Crippen molar-refractivity contribution < 1.29 is 4.79 Å². The molecular formula is C17H21N3O. The van der Waals surface area contributed by atoms with Crippen molar-refractivity contribution in [3.05, 3.63) is 53.2 Å². The largest absolute Gasteiger partial charge is 0.384 e. The molecule has 1 heterocycles. The van der Waals surface area contributed by atoms with Gasteiger partial charge in [-0.2, -0.15) is 0 Å². The number of amides is 1. The summed E-state index contributed by atoms with van der Waals surface area (Å²) in [4.78, 5) is 18.8. The molecule has 0 atom stereocenters. The van der Waals surface area contributed by atoms with Crippen LogP contribution in [0, 0.1) is 6.92 Å². The fraction of sp³-hybridized carbons (Fsp3) is 0.294. The molecule has 0 aliphatic carbocycles. The molecule has 0 saturated heterocycles. The van der Waals surface area contributed by atoms with Crippen LogP contribution in [0.15, 0.2) is 36.4 Å². The van der Waals surface area contributed by atoms with Gasteiger partial charge in [0.05, 0.1) is 0 Å². The molecule has 0 aliphatic rings. The van der Waals surface area contributed by atoms with E-state index in [2.05, 4.69) is 4.98 Å². The minimum Gasteiger partial charge on any atom is -0.384 e. The Kier molecular flexibility index (Phi) is 4.58. The maximum absolute atomic E-state index is 12.8. The number of benzene rings is 1. The number of aryl methyl sites for hydroxylation is 2. The van der Waals surface area contributed by atoms with Gasteiger partial charge in [0.2, 0.25) is 0 Å². The number of nitrogens with two attached hydrogens (primary N) is 1. The van der Waals surface area contributed by atoms with Crippen LogP contribution in [0.3, 0.4) is 0 Å². The van der Waals surface area contributed by atoms with E-state index < -0.39 is 0 Å². The van der Waals surface area contributed by atoms with Crippen molar-refractivity contribution in [1.29, 1.82) is 0 Å². The van der Waals surface area contributed by atoms with Gasteiger partial charge in [0, 0.05) is 23.5 Å². The average molecular weight is 283 g/mol. The van der Waals surface area contributed by atoms with Crippen molar-refractivity contribution in [1.82, 2.24) is 4.98 Å². The lowest BCUT2D eigenvalue weighted by molar-refractivity contribution is 0.0988. The Balaban J connectivity index is 2.41. The summed E-state index contributed by atoms with van der Waals surface area (Å²) in [7, 11) is 0. The monoisotopic (exact) mass is 283 g/mol. The van der Waals surface area contributed by atoms with Crippen molar-refractivity contribution in [3.8, 4) is 0 Å². The van der Waals surface area contributed by atoms with E-state index in [1.807, 2.05) is 51.1 Å². The number of nitrogen functional groups attached to an aromatic ring is 1. The zero-order chi connectivity index (χ0) is 15.4. The number of aromatic nitrogens is 1. The van der Waals surface area contributed by atoms with Crippen LogP contribution in [0.5, 0.6) is 0 Å². The highest BCUT2D eigenvalue weighted by molar-refractivity contribution is 6.06. The predicted octanol–water partition coefficient (Wildman–Crippen LogP) is 3.20. The molecule has 0 unspecified atom stereocenters. The van der Waals surface area contributed by atoms with Crippen molar-refractivity contribution in [2.45, 2.75) is 27.2 Å². The summed E-state index contributed by atoms with van der Waals surface area (Å²) in [5.41, 5.74) is 9.22. The van der Waals surface area contributed by atoms with E-state index in [1.165, 1.54) is 0 Å². The number of rotatable bonds is 4. The Morgan fingerprint density at radius 2 is 1.95 bits per heavy atom. The predicted molar refractivity (Wildman–Crippen MR) is 86.6 cm³/mol. The first-order valence-corrected chi connectivity index (χ1v) is 7.20. The standard InChI is InChI=1S/C17H21N3O/c1-4-14-10-13(11-16(18)19-14)17(21)20(5-2)15-9-7-6-8-12(15)3/h6-11H,4-5H2,1-3H3,(H2,18,19). The molecule has 1 aromatic heterocycles. The second-order valence-electron chi connectivity index (χ2n) is 4.96. The number of pyridine rings is 1. The summed E-state index contributed by atoms with van der Waals surface area (Å²) < 4.78 is 0. The summed E-state index contributed by atoms with van der Waals surface area (Å²) in [5, 5.41) is 0. The molecule has 1 amide bonds. The normalized spacial score (nSPS) is 10.4. The van der Waals surface area contributed by atoms with Gasteiger partial charge in [-0.3, -0.25) is 4.79 Å². The van der Waals surface area contributed by atoms with Gasteiger partial charge < -0.3 is 10.6 Å². The highest BCUT2D eigenvalue weighted by Crippen LogP contribution is 2.22. The smallest absolute Gasteiger partial charge is 0.258 e. The minimum absolute atomic E-state index is 0.0457. The van der Waals surface area contributed by atoms with E-state index in [0.29, 0.717) is 17.9 Å². The molecule has 0 aliphatic heterocycles. The average Bonchev–Trinajstić information content (AvgIpc) is 2.49. The Hall–Kier alpha value is -2.36. The van der Waals surface area contributed by atoms with E-state index in [0.717, 1.165) is 23.4 Å². The van der Waals surface area contributed by atoms with Gasteiger partial charge in [-0.1, -0.05) is 25.1 Å². The second kappa shape index (κ2) is 6.39. The molecule has 4 nitrogen and oxygen atoms in total. The molecule has 1 aromatic carbocycles. The number of anilines is 2. The van der Waals surface area contributed by atoms with Gasteiger partial charge in [0.1, 0.15) is 5.82 Å². The van der Waals surface area contributed by atoms with Crippen LogP contribution >= 0.6 is 0 Å². The van der Waals surface area contributed by atoms with Gasteiger partial charge in [-0.15, -0.1) is 0 Å². The second-order valence-corrected chi connectivity index (χ2v) is 4.96. The lowest BCUT2D eigenvalue weighted by atomic mass is 10.1. The number of hydrogen-bond acceptors (Lipinski definition) is 3. The summed E-state index contributed by atoms with van der Waals surface area (Å²) >= 11 is 0. The number of carbonyl (C=O) groups excluding carboxylic acids is 1. The third-order valence-corrected chi connectivity index (χ3v) is 3.48. The SMILES string of the molecule is CCc1cc(C(=O)N(CC)c2ccccc2C)cc(N)n1. The van der Waals surface area contributed by atoms with Gasteiger partial charge in [-0.25, -0.2) is 4.98 Å². The molecule has 2 rings (SSSR count). The zero-order valence-corrected chi connectivity index (χ0v) is 12.8. The molecule has 110 valence electrons. The topological polar surface area (TPSA) is 59.2 Å². The van der Waals surface area contributed by atoms with E-state index in [-0.39, 0.29) is 5.91 Å². The summed E-state index contributed by atoms with van der Waals surface area (Å²) in [5.74, 6) is 0.342. The number of nitrogens with zero attached hydrogens (tertiary/aromatic N) is 2. The Morgan fingerprint density at radius 1 is 1.24 bits per heavy atom. The van der Waals surface area contributed by atoms with Crippen LogP contribution in [-0.2, 0) is 6.42 Å². The lowest BCUT2D eigenvalue weighted by Gasteiger charge is -2.23. The Bertz CT molecular complexity index is 652. The third-order valence-electron chi connectivity index (χ3n) is 3.48. The van der Waals surface area contributed by atoms with Crippen LogP contribution in [0.2, 0.25) is 0 Å². The van der Waals surface area contributed by atoms with Gasteiger partial charge in [0.25, 0.3) is 5.91 Å². The molecule has 0 bridgehead atoms. The fourth-order valence-corrected chi connectivity index (χ4v) is 2.36. The van der Waals surface area contributed by atoms with Crippen LogP contribution in [-0.4, -0.2) is 17.4 Å². The molecule has 21 heavy (non-hydrogen) atoms. The van der Waals surface area contributed by atoms with Crippen LogP contribution in [0.1, 0.15) is 35.5 Å². The zero-order valence-electron chi connectivity index (χ0n) is 12.8. The molecular weight excluding hydrogens is 262 g/mol. The number of carbonyl (C=O) groups is 1. The quantitative estimate of drug-likeness (QED) is 0.937. The Morgan fingerprint density at radius 3 is 2.57 bits per heavy atom. The molecule has 0 spiro atoms. The minimum atomic E-state index is -0.0457. The van der Waals surface area contributed by atoms with Crippen molar-refractivity contribution in [3.63, 3.8) is 0 Å². The van der Waals surface area contributed by atoms with E-state index in [4.69, 9.17) is 5.73 Å². The summed E-state index contributed by atoms with van der Waals surface area (Å²) in [6, 6.07) is 11.3. The first-order valence-electron chi connectivity index (χ1n) is 7.20. The highest BCUT2D eigenvalue weighted by Gasteiger charge is 2.18. The fourth-order valence-electron chi connectivity index (χ4n) is 2.36. The summed E-state index contributed by atoms with van der Waals surface area (Å²) in [6.45, 7) is 6.57. The third kappa shape index (κ3) is 3.21. The molecule has 2 N–H and O–H groups in total. The van der Waals surface area contributed by atoms with Gasteiger partial charge in [0.15, 0.2) is 0 Å². The number of hydrogen-bond donors (Lipinski definition) is 1. The number of para-hydroxylation sites is 1. The molecule has 0 fully saturated rings. The maximum atomic E-state index is 12.8. The van der Waals surface area contributed by atoms with Crippen molar-refractivity contribution in [2.24, 2.45) is 0 Å². The van der Waals surface area contributed by atoms with Crippen molar-refractivity contribution in [2.75, 3.05) is 17.2 Å². The maximum Gasteiger partial charge on any atom is 0.258 e. The van der Waals surface area contributed by atoms with Crippen LogP contribution in [0.4, 0.5) is 11.5 Å². The molecule has 0 saturated carbocycles.